The summed E-state index contributed by atoms with van der Waals surface area (Å²) in [5.74, 6) is -8.68. The number of para-hydroxylation sites is 2. The predicted molar refractivity (Wildman–Crippen MR) is 472 cm³/mol. The Balaban J connectivity index is 1.21. The van der Waals surface area contributed by atoms with Gasteiger partial charge in [0.2, 0.25) is 17.5 Å². The van der Waals surface area contributed by atoms with Gasteiger partial charge < -0.3 is 80.6 Å². The standard InChI is InChI=1S/C87H127N15O19S2/c1-86(2)65-29-11-13-33-70(65)101(51-17-19-53-122(115,116)117)74(86)45-39-59-26-21-27-60(40-46-75-87(3,4)66-30-12-14-34-71(66)102(75)52-18-20-54-123(118,119)120)78(59)121-64-42-37-58(38-43-64)55-62(80(110)111)57-73(105)68(32-23-49-96-84(92)93)99-79(109)61(25-15-16-47-94-82(88)89)56-72(104)67(31-22-48-95-83(90)91)98-76(106)35-10-8-6-5-7-9-28-63(103)41-44-69(81(112)113)100-85(114)97-50-24-36-77(107)108/h11-14,29-30,33-34,37-40,42-43,45-46,61-62,67-69H,5-10,15-28,31-32,35-36,41,44,47-57H2,1-4H3,(H20-,88,89,90,91,92,93,94,95,96,97,98,99,100,106,107,108,109,110,111,112,113,114,115,116,117,118,119,120)/p+1/t61-,62-,67+,68+,69+/m1/s1. The van der Waals surface area contributed by atoms with E-state index in [9.17, 15) is 79.3 Å². The van der Waals surface area contributed by atoms with E-state index in [1.54, 1.807) is 24.3 Å². The molecule has 6 rings (SSSR count). The van der Waals surface area contributed by atoms with Crippen molar-refractivity contribution < 1.29 is 93.7 Å². The molecule has 1 aliphatic carbocycles. The lowest BCUT2D eigenvalue weighted by Crippen LogP contribution is -2.46. The van der Waals surface area contributed by atoms with E-state index < -0.39 is 115 Å². The van der Waals surface area contributed by atoms with Gasteiger partial charge in [-0.25, -0.2) is 9.59 Å². The van der Waals surface area contributed by atoms with Crippen molar-refractivity contribution in [3.05, 3.63) is 136 Å². The predicted octanol–water partition coefficient (Wildman–Crippen LogP) is 8.47. The minimum Gasteiger partial charge on any atom is -0.481 e. The number of carbonyl (C=O) groups excluding carboxylic acids is 6. The average Bonchev–Trinajstić information content (AvgIpc) is 1.60. The van der Waals surface area contributed by atoms with Crippen molar-refractivity contribution >= 4 is 108 Å². The molecule has 5 atom stereocenters. The fraction of sp³-hybridized carbons (Fsp3) is 0.552. The molecule has 2 aliphatic heterocycles. The highest BCUT2D eigenvalue weighted by Gasteiger charge is 2.45. The van der Waals surface area contributed by atoms with Crippen LogP contribution in [0.3, 0.4) is 0 Å². The van der Waals surface area contributed by atoms with Gasteiger partial charge in [-0.15, -0.1) is 0 Å². The summed E-state index contributed by atoms with van der Waals surface area (Å²) >= 11 is 0. The molecule has 676 valence electrons. The van der Waals surface area contributed by atoms with E-state index in [2.05, 4.69) is 110 Å². The van der Waals surface area contributed by atoms with Gasteiger partial charge in [-0.3, -0.25) is 57.6 Å². The van der Waals surface area contributed by atoms with Crippen molar-refractivity contribution in [3.8, 4) is 5.75 Å². The van der Waals surface area contributed by atoms with Crippen molar-refractivity contribution in [3.63, 3.8) is 0 Å². The molecule has 0 saturated heterocycles. The molecule has 34 nitrogen and oxygen atoms in total. The Morgan fingerprint density at radius 2 is 1.13 bits per heavy atom. The third-order valence-corrected chi connectivity index (χ3v) is 23.7. The summed E-state index contributed by atoms with van der Waals surface area (Å²) in [5, 5.41) is 39.7. The van der Waals surface area contributed by atoms with Gasteiger partial charge in [0.1, 0.15) is 29.9 Å². The molecule has 3 aliphatic rings. The molecule has 0 bridgehead atoms. The third kappa shape index (κ3) is 35.1. The van der Waals surface area contributed by atoms with Crippen molar-refractivity contribution in [2.75, 3.05) is 55.7 Å². The van der Waals surface area contributed by atoms with Crippen LogP contribution >= 0.6 is 0 Å². The van der Waals surface area contributed by atoms with Gasteiger partial charge in [0.05, 0.1) is 34.9 Å². The molecular formula is C87H128N15O19S2+. The van der Waals surface area contributed by atoms with Crippen molar-refractivity contribution in [2.24, 2.45) is 61.2 Å². The van der Waals surface area contributed by atoms with Crippen LogP contribution in [0.4, 0.5) is 16.2 Å². The first-order chi connectivity index (χ1) is 58.2. The van der Waals surface area contributed by atoms with Gasteiger partial charge in [-0.05, 0) is 176 Å². The highest BCUT2D eigenvalue weighted by atomic mass is 32.2. The first kappa shape index (κ1) is 101. The maximum Gasteiger partial charge on any atom is 0.326 e. The molecule has 0 unspecified atom stereocenters. The fourth-order valence-electron chi connectivity index (χ4n) is 15.6. The smallest absolute Gasteiger partial charge is 0.326 e. The van der Waals surface area contributed by atoms with Gasteiger partial charge in [0.25, 0.3) is 20.2 Å². The number of nitrogens with one attached hydrogen (secondary N) is 4. The van der Waals surface area contributed by atoms with Gasteiger partial charge >= 0.3 is 23.9 Å². The topological polar surface area (TPSA) is 580 Å². The van der Waals surface area contributed by atoms with Crippen LogP contribution in [0.25, 0.3) is 0 Å². The number of urea groups is 1. The van der Waals surface area contributed by atoms with Crippen LogP contribution in [-0.4, -0.2) is 191 Å². The van der Waals surface area contributed by atoms with Crippen molar-refractivity contribution in [1.29, 1.82) is 0 Å². The number of aliphatic imine (C=N–C) groups is 3. The second kappa shape index (κ2) is 50.0. The number of anilines is 1. The van der Waals surface area contributed by atoms with E-state index >= 15 is 0 Å². The first-order valence-electron chi connectivity index (χ1n) is 42.4. The number of aliphatic carboxylic acids is 3. The number of nitrogens with zero attached hydrogens (tertiary/aromatic N) is 5. The maximum absolute atomic E-state index is 14.8. The summed E-state index contributed by atoms with van der Waals surface area (Å²) in [6, 6.07) is 18.5. The van der Waals surface area contributed by atoms with Crippen LogP contribution in [0.5, 0.6) is 5.75 Å². The number of rotatable bonds is 58. The summed E-state index contributed by atoms with van der Waals surface area (Å²) in [4.78, 5) is 133. The average molecular weight is 1750 g/mol. The molecule has 0 fully saturated rings. The molecular weight excluding hydrogens is 1620 g/mol. The Kier molecular flexibility index (Phi) is 41.1. The van der Waals surface area contributed by atoms with Gasteiger partial charge in [0, 0.05) is 118 Å². The number of Topliss-reactive ketones (excluding diaryl/α,β-unsaturated/α-hetero) is 3. The molecule has 0 aromatic heterocycles. The van der Waals surface area contributed by atoms with Gasteiger partial charge in [-0.1, -0.05) is 101 Å². The Labute approximate surface area is 721 Å². The molecule has 0 radical (unpaired) electrons. The summed E-state index contributed by atoms with van der Waals surface area (Å²) in [5.41, 5.74) is 41.1. The normalized spacial score (nSPS) is 16.0. The molecule has 0 spiro atoms. The Bertz CT molecular complexity index is 4640. The van der Waals surface area contributed by atoms with Crippen LogP contribution in [-0.2, 0) is 75.8 Å². The van der Waals surface area contributed by atoms with E-state index in [0.717, 1.165) is 64.3 Å². The number of carboxylic acid groups (broad SMARTS) is 3. The number of amides is 4. The monoisotopic (exact) mass is 1750 g/mol. The lowest BCUT2D eigenvalue weighted by Gasteiger charge is -2.27. The molecule has 123 heavy (non-hydrogen) atoms. The van der Waals surface area contributed by atoms with E-state index in [4.69, 9.17) is 44.2 Å². The second-order valence-electron chi connectivity index (χ2n) is 32.6. The van der Waals surface area contributed by atoms with Gasteiger partial charge in [-0.2, -0.15) is 21.4 Å². The van der Waals surface area contributed by atoms with Crippen LogP contribution in [0.1, 0.15) is 224 Å². The Morgan fingerprint density at radius 3 is 1.74 bits per heavy atom. The van der Waals surface area contributed by atoms with E-state index in [-0.39, 0.29) is 158 Å². The zero-order chi connectivity index (χ0) is 90.5. The summed E-state index contributed by atoms with van der Waals surface area (Å²) in [6.07, 6.45) is 15.8. The van der Waals surface area contributed by atoms with Crippen molar-refractivity contribution in [1.82, 2.24) is 21.3 Å². The number of ketones is 3. The number of allylic oxidation sites excluding steroid dienone is 7. The minimum atomic E-state index is -4.18. The molecule has 21 N–H and O–H groups in total. The number of carbonyl (C=O) groups is 9. The molecule has 3 aromatic rings. The summed E-state index contributed by atoms with van der Waals surface area (Å²) in [6.45, 7) is 9.88. The summed E-state index contributed by atoms with van der Waals surface area (Å²) < 4.78 is 75.5. The number of nitrogens with two attached hydrogens (primary N) is 6. The second-order valence-corrected chi connectivity index (χ2v) is 35.8. The Hall–Kier alpha value is -10.9. The SMILES string of the molecule is CC1(C)C(=CC=C2CCCC(C=CC3=[N+](CCCCS(=O)(=O)O)c4ccccc4C3(C)C)=C2Oc2ccc(C[C@H](CC(=O)[C@H](CCCN=C(N)N)NC(=O)[C@H](CCCCN=C(N)N)CC(=O)[C@H](CCCN=C(N)N)NC(=O)CCCCCCCCC(=O)CC[C@H](NC(=O)NCCCC(=O)O)C(=O)O)C(=O)O)cc2)N(CCCCS(=O)(=O)O)c2ccccc21. The number of hydrogen-bond acceptors (Lipinski definition) is 18. The molecule has 2 heterocycles. The third-order valence-electron chi connectivity index (χ3n) is 22.1. The molecule has 3 aromatic carbocycles. The minimum absolute atomic E-state index is 0.0267. The largest absolute Gasteiger partial charge is 0.481 e. The zero-order valence-corrected chi connectivity index (χ0v) is 72.9. The summed E-state index contributed by atoms with van der Waals surface area (Å²) in [7, 11) is -8.35. The number of unbranched alkanes of at least 4 members (excludes halogenated alkanes) is 8. The number of fused-ring (bicyclic) bond motifs is 2. The van der Waals surface area contributed by atoms with E-state index in [1.807, 2.05) is 36.4 Å². The molecule has 36 heteroatoms. The number of ether oxygens (including phenoxy) is 1. The quantitative estimate of drug-likeness (QED) is 0.00828. The fourth-order valence-corrected chi connectivity index (χ4v) is 16.7. The number of hydrogen-bond donors (Lipinski definition) is 15. The van der Waals surface area contributed by atoms with Crippen LogP contribution in [0.2, 0.25) is 0 Å². The highest BCUT2D eigenvalue weighted by Crippen LogP contribution is 2.48. The highest BCUT2D eigenvalue weighted by molar-refractivity contribution is 7.86. The van der Waals surface area contributed by atoms with E-state index in [0.29, 0.717) is 94.4 Å². The zero-order valence-electron chi connectivity index (χ0n) is 71.3. The number of benzene rings is 3. The first-order valence-corrected chi connectivity index (χ1v) is 45.6. The maximum atomic E-state index is 14.8. The lowest BCUT2D eigenvalue weighted by atomic mass is 9.81. The van der Waals surface area contributed by atoms with Crippen LogP contribution in [0.15, 0.2) is 135 Å². The van der Waals surface area contributed by atoms with Crippen LogP contribution < -0.4 is 65.3 Å². The molecule has 4 amide bonds. The molecule has 0 saturated carbocycles. The Morgan fingerprint density at radius 1 is 0.553 bits per heavy atom. The number of carboxylic acids is 3. The lowest BCUT2D eigenvalue weighted by molar-refractivity contribution is -0.438. The van der Waals surface area contributed by atoms with Crippen LogP contribution in [0, 0.1) is 11.8 Å². The van der Waals surface area contributed by atoms with Gasteiger partial charge in [0.15, 0.2) is 35.2 Å². The van der Waals surface area contributed by atoms with E-state index in [1.165, 1.54) is 0 Å². The number of guanidine groups is 3. The van der Waals surface area contributed by atoms with Crippen molar-refractivity contribution in [2.45, 2.75) is 243 Å².